The number of pyridine rings is 1. The van der Waals surface area contributed by atoms with E-state index in [0.717, 1.165) is 17.0 Å². The van der Waals surface area contributed by atoms with Gasteiger partial charge in [-0.3, -0.25) is 4.79 Å². The number of aromatic amines is 1. The largest absolute Gasteiger partial charge is 0.358 e. The summed E-state index contributed by atoms with van der Waals surface area (Å²) in [6.45, 7) is 1.86. The Labute approximate surface area is 104 Å². The average Bonchev–Trinajstić information content (AvgIpc) is 2.70. The van der Waals surface area contributed by atoms with Crippen LogP contribution in [0.1, 0.15) is 16.1 Å². The van der Waals surface area contributed by atoms with Crippen molar-refractivity contribution in [2.45, 2.75) is 6.92 Å². The average molecular weight is 250 g/mol. The van der Waals surface area contributed by atoms with E-state index in [0.29, 0.717) is 10.7 Å². The van der Waals surface area contributed by atoms with E-state index in [4.69, 9.17) is 11.6 Å². The Morgan fingerprint density at radius 3 is 2.88 bits per heavy atom. The van der Waals surface area contributed by atoms with Crippen LogP contribution in [0.2, 0.25) is 5.15 Å². The highest BCUT2D eigenvalue weighted by molar-refractivity contribution is 6.29. The van der Waals surface area contributed by atoms with Crippen LogP contribution in [0.15, 0.2) is 24.4 Å². The van der Waals surface area contributed by atoms with E-state index in [2.05, 4.69) is 15.3 Å². The van der Waals surface area contributed by atoms with Gasteiger partial charge in [-0.2, -0.15) is 0 Å². The molecular formula is C12H12ClN3O. The van der Waals surface area contributed by atoms with Gasteiger partial charge in [0.25, 0.3) is 5.91 Å². The molecular weight excluding hydrogens is 238 g/mol. The summed E-state index contributed by atoms with van der Waals surface area (Å²) in [5, 5.41) is 3.03. The lowest BCUT2D eigenvalue weighted by molar-refractivity contribution is 0.0962. The number of amides is 1. The van der Waals surface area contributed by atoms with Crippen LogP contribution in [0.4, 0.5) is 0 Å². The Morgan fingerprint density at radius 2 is 2.24 bits per heavy atom. The Hall–Kier alpha value is -1.81. The SMILES string of the molecule is CNC(=O)c1cc(-c2ccnc(Cl)c2)[nH]c1C. The number of hydrogen-bond acceptors (Lipinski definition) is 2. The van der Waals surface area contributed by atoms with E-state index in [9.17, 15) is 4.79 Å². The number of rotatable bonds is 2. The molecule has 0 aromatic carbocycles. The minimum Gasteiger partial charge on any atom is -0.358 e. The van der Waals surface area contributed by atoms with E-state index in [1.54, 1.807) is 25.4 Å². The smallest absolute Gasteiger partial charge is 0.252 e. The Kier molecular flexibility index (Phi) is 3.15. The molecule has 0 aliphatic carbocycles. The number of aryl methyl sites for hydroxylation is 1. The van der Waals surface area contributed by atoms with Gasteiger partial charge in [0, 0.05) is 30.2 Å². The summed E-state index contributed by atoms with van der Waals surface area (Å²) in [6, 6.07) is 5.39. The number of carbonyl (C=O) groups excluding carboxylic acids is 1. The summed E-state index contributed by atoms with van der Waals surface area (Å²) in [5.41, 5.74) is 3.22. The number of nitrogens with one attached hydrogen (secondary N) is 2. The molecule has 5 heteroatoms. The van der Waals surface area contributed by atoms with Crippen molar-refractivity contribution < 1.29 is 4.79 Å². The predicted octanol–water partition coefficient (Wildman–Crippen LogP) is 2.40. The van der Waals surface area contributed by atoms with E-state index in [1.807, 2.05) is 13.0 Å². The lowest BCUT2D eigenvalue weighted by atomic mass is 10.1. The number of nitrogens with zero attached hydrogens (tertiary/aromatic N) is 1. The van der Waals surface area contributed by atoms with Crippen molar-refractivity contribution >= 4 is 17.5 Å². The lowest BCUT2D eigenvalue weighted by Gasteiger charge is -1.97. The molecule has 0 unspecified atom stereocenters. The first-order valence-electron chi connectivity index (χ1n) is 5.15. The summed E-state index contributed by atoms with van der Waals surface area (Å²) in [6.07, 6.45) is 1.63. The van der Waals surface area contributed by atoms with Gasteiger partial charge < -0.3 is 10.3 Å². The molecule has 17 heavy (non-hydrogen) atoms. The van der Waals surface area contributed by atoms with Crippen LogP contribution >= 0.6 is 11.6 Å². The van der Waals surface area contributed by atoms with Crippen LogP contribution in [0.5, 0.6) is 0 Å². The van der Waals surface area contributed by atoms with Crippen LogP contribution in [0.3, 0.4) is 0 Å². The van der Waals surface area contributed by atoms with Crippen molar-refractivity contribution in [3.05, 3.63) is 40.8 Å². The zero-order valence-corrected chi connectivity index (χ0v) is 10.3. The summed E-state index contributed by atoms with van der Waals surface area (Å²) in [7, 11) is 1.61. The molecule has 0 spiro atoms. The lowest BCUT2D eigenvalue weighted by Crippen LogP contribution is -2.17. The molecule has 88 valence electrons. The zero-order valence-electron chi connectivity index (χ0n) is 9.54. The molecule has 4 nitrogen and oxygen atoms in total. The first-order chi connectivity index (χ1) is 8.11. The van der Waals surface area contributed by atoms with Gasteiger partial charge in [-0.1, -0.05) is 11.6 Å². The molecule has 0 aliphatic rings. The molecule has 0 fully saturated rings. The van der Waals surface area contributed by atoms with Gasteiger partial charge in [-0.25, -0.2) is 4.98 Å². The number of halogens is 1. The summed E-state index contributed by atoms with van der Waals surface area (Å²) >= 11 is 5.83. The highest BCUT2D eigenvalue weighted by atomic mass is 35.5. The van der Waals surface area contributed by atoms with Crippen molar-refractivity contribution in [2.24, 2.45) is 0 Å². The highest BCUT2D eigenvalue weighted by Gasteiger charge is 2.12. The zero-order chi connectivity index (χ0) is 12.4. The minimum absolute atomic E-state index is 0.106. The summed E-state index contributed by atoms with van der Waals surface area (Å²) in [5.74, 6) is -0.106. The third-order valence-electron chi connectivity index (χ3n) is 2.52. The number of aromatic nitrogens is 2. The normalized spacial score (nSPS) is 10.3. The number of hydrogen-bond donors (Lipinski definition) is 2. The second-order valence-electron chi connectivity index (χ2n) is 3.67. The van der Waals surface area contributed by atoms with Crippen LogP contribution in [-0.2, 0) is 0 Å². The second kappa shape index (κ2) is 4.59. The maximum atomic E-state index is 11.6. The summed E-state index contributed by atoms with van der Waals surface area (Å²) < 4.78 is 0. The van der Waals surface area contributed by atoms with Crippen molar-refractivity contribution in [3.63, 3.8) is 0 Å². The van der Waals surface area contributed by atoms with Crippen molar-refractivity contribution in [1.82, 2.24) is 15.3 Å². The molecule has 0 atom stereocenters. The van der Waals surface area contributed by atoms with Crippen LogP contribution < -0.4 is 5.32 Å². The maximum Gasteiger partial charge on any atom is 0.252 e. The Balaban J connectivity index is 2.44. The topological polar surface area (TPSA) is 57.8 Å². The van der Waals surface area contributed by atoms with Crippen LogP contribution in [-0.4, -0.2) is 22.9 Å². The van der Waals surface area contributed by atoms with Gasteiger partial charge in [-0.05, 0) is 25.1 Å². The first-order valence-corrected chi connectivity index (χ1v) is 5.53. The molecule has 2 N–H and O–H groups in total. The van der Waals surface area contributed by atoms with E-state index in [-0.39, 0.29) is 5.91 Å². The van der Waals surface area contributed by atoms with Crippen LogP contribution in [0.25, 0.3) is 11.3 Å². The predicted molar refractivity (Wildman–Crippen MR) is 67.2 cm³/mol. The van der Waals surface area contributed by atoms with Gasteiger partial charge in [0.15, 0.2) is 0 Å². The van der Waals surface area contributed by atoms with E-state index in [1.165, 1.54) is 0 Å². The van der Waals surface area contributed by atoms with Crippen molar-refractivity contribution in [2.75, 3.05) is 7.05 Å². The Morgan fingerprint density at radius 1 is 1.47 bits per heavy atom. The Bertz CT molecular complexity index is 563. The van der Waals surface area contributed by atoms with Gasteiger partial charge >= 0.3 is 0 Å². The van der Waals surface area contributed by atoms with Crippen molar-refractivity contribution in [1.29, 1.82) is 0 Å². The van der Waals surface area contributed by atoms with E-state index < -0.39 is 0 Å². The first kappa shape index (κ1) is 11.7. The standard InChI is InChI=1S/C12H12ClN3O/c1-7-9(12(17)14-2)6-10(16-7)8-3-4-15-11(13)5-8/h3-6,16H,1-2H3,(H,14,17). The fourth-order valence-electron chi connectivity index (χ4n) is 1.65. The molecule has 2 rings (SSSR count). The quantitative estimate of drug-likeness (QED) is 0.803. The molecule has 0 radical (unpaired) electrons. The molecule has 0 aliphatic heterocycles. The van der Waals surface area contributed by atoms with E-state index >= 15 is 0 Å². The molecule has 0 saturated heterocycles. The van der Waals surface area contributed by atoms with Gasteiger partial charge in [0.05, 0.1) is 5.56 Å². The molecule has 2 aromatic rings. The van der Waals surface area contributed by atoms with Crippen molar-refractivity contribution in [3.8, 4) is 11.3 Å². The fraction of sp³-hybridized carbons (Fsp3) is 0.167. The summed E-state index contributed by atoms with van der Waals surface area (Å²) in [4.78, 5) is 18.7. The monoisotopic (exact) mass is 249 g/mol. The van der Waals surface area contributed by atoms with Gasteiger partial charge in [0.2, 0.25) is 0 Å². The molecule has 0 bridgehead atoms. The minimum atomic E-state index is -0.106. The maximum absolute atomic E-state index is 11.6. The number of H-pyrrole nitrogens is 1. The van der Waals surface area contributed by atoms with Crippen LogP contribution in [0, 0.1) is 6.92 Å². The molecule has 2 aromatic heterocycles. The number of carbonyl (C=O) groups is 1. The van der Waals surface area contributed by atoms with Gasteiger partial charge in [-0.15, -0.1) is 0 Å². The molecule has 0 saturated carbocycles. The third-order valence-corrected chi connectivity index (χ3v) is 2.73. The second-order valence-corrected chi connectivity index (χ2v) is 4.06. The third kappa shape index (κ3) is 2.31. The van der Waals surface area contributed by atoms with Gasteiger partial charge in [0.1, 0.15) is 5.15 Å². The fourth-order valence-corrected chi connectivity index (χ4v) is 1.83. The molecule has 2 heterocycles. The highest BCUT2D eigenvalue weighted by Crippen LogP contribution is 2.23. The molecule has 1 amide bonds.